The van der Waals surface area contributed by atoms with E-state index in [0.29, 0.717) is 5.70 Å². The number of nitrogens with zero attached hydrogens (tertiary/aromatic N) is 1. The highest BCUT2D eigenvalue weighted by molar-refractivity contribution is 5.68. The standard InChI is InChI=1S/C24H37N3/c1-7-9-11-12-13-17-26-22-15-16-23(19(3)18-22)21(5)27(6)24(20(4)25)14-10-8-2/h7-8,15-16,18,24,26H,1-2,4-5,9-14,17,25H2,3,6H3. The summed E-state index contributed by atoms with van der Waals surface area (Å²) in [5.41, 5.74) is 11.1. The Morgan fingerprint density at radius 3 is 2.44 bits per heavy atom. The van der Waals surface area contributed by atoms with E-state index in [1.807, 2.05) is 19.2 Å². The zero-order valence-corrected chi connectivity index (χ0v) is 17.3. The van der Waals surface area contributed by atoms with Gasteiger partial charge in [0.2, 0.25) is 0 Å². The summed E-state index contributed by atoms with van der Waals surface area (Å²) in [6.45, 7) is 18.9. The Kier molecular flexibility index (Phi) is 10.1. The molecule has 0 amide bonds. The molecule has 0 heterocycles. The number of nitrogens with one attached hydrogen (secondary N) is 1. The van der Waals surface area contributed by atoms with Crippen LogP contribution in [-0.4, -0.2) is 24.5 Å². The molecular weight excluding hydrogens is 330 g/mol. The van der Waals surface area contributed by atoms with E-state index < -0.39 is 0 Å². The molecule has 1 atom stereocenters. The summed E-state index contributed by atoms with van der Waals surface area (Å²) in [7, 11) is 2.03. The molecule has 0 aliphatic rings. The van der Waals surface area contributed by atoms with Crippen LogP contribution in [0.3, 0.4) is 0 Å². The van der Waals surface area contributed by atoms with Crippen molar-refractivity contribution >= 4 is 11.4 Å². The van der Waals surface area contributed by atoms with Gasteiger partial charge in [0.05, 0.1) is 6.04 Å². The van der Waals surface area contributed by atoms with Crippen molar-refractivity contribution in [1.82, 2.24) is 4.90 Å². The lowest BCUT2D eigenvalue weighted by molar-refractivity contribution is 0.370. The maximum absolute atomic E-state index is 6.03. The van der Waals surface area contributed by atoms with Crippen LogP contribution in [0.1, 0.15) is 49.7 Å². The maximum Gasteiger partial charge on any atom is 0.0680 e. The summed E-state index contributed by atoms with van der Waals surface area (Å²) in [6.07, 6.45) is 10.4. The number of unbranched alkanes of at least 4 members (excludes halogenated alkanes) is 3. The van der Waals surface area contributed by atoms with Crippen molar-refractivity contribution in [2.45, 2.75) is 51.5 Å². The molecule has 0 saturated carbocycles. The van der Waals surface area contributed by atoms with Crippen LogP contribution in [-0.2, 0) is 0 Å². The lowest BCUT2D eigenvalue weighted by atomic mass is 10.0. The third-order valence-corrected chi connectivity index (χ3v) is 4.92. The Morgan fingerprint density at radius 1 is 1.15 bits per heavy atom. The Balaban J connectivity index is 2.71. The second-order valence-electron chi connectivity index (χ2n) is 7.11. The quantitative estimate of drug-likeness (QED) is 0.319. The normalized spacial score (nSPS) is 11.5. The third kappa shape index (κ3) is 7.38. The average molecular weight is 368 g/mol. The summed E-state index contributed by atoms with van der Waals surface area (Å²) in [5, 5.41) is 3.51. The fraction of sp³-hybridized carbons (Fsp3) is 0.417. The largest absolute Gasteiger partial charge is 0.401 e. The summed E-state index contributed by atoms with van der Waals surface area (Å²) in [4.78, 5) is 2.13. The van der Waals surface area contributed by atoms with Crippen LogP contribution < -0.4 is 11.1 Å². The summed E-state index contributed by atoms with van der Waals surface area (Å²) in [5.74, 6) is 0. The molecule has 0 spiro atoms. The van der Waals surface area contributed by atoms with Gasteiger partial charge in [0.15, 0.2) is 0 Å². The zero-order chi connectivity index (χ0) is 20.2. The first-order valence-corrected chi connectivity index (χ1v) is 9.85. The van der Waals surface area contributed by atoms with Gasteiger partial charge in [-0.25, -0.2) is 0 Å². The summed E-state index contributed by atoms with van der Waals surface area (Å²) >= 11 is 0. The molecule has 0 aliphatic carbocycles. The predicted octanol–water partition coefficient (Wildman–Crippen LogP) is 5.86. The molecule has 0 fully saturated rings. The zero-order valence-electron chi connectivity index (χ0n) is 17.3. The number of rotatable bonds is 14. The van der Waals surface area contributed by atoms with Crippen LogP contribution in [0.4, 0.5) is 5.69 Å². The van der Waals surface area contributed by atoms with Crippen molar-refractivity contribution in [3.05, 3.63) is 73.5 Å². The van der Waals surface area contributed by atoms with E-state index in [2.05, 4.69) is 61.7 Å². The molecule has 1 aromatic carbocycles. The first-order chi connectivity index (χ1) is 12.9. The van der Waals surface area contributed by atoms with Crippen molar-refractivity contribution in [2.75, 3.05) is 18.9 Å². The minimum atomic E-state index is 0.0586. The number of anilines is 1. The maximum atomic E-state index is 6.03. The van der Waals surface area contributed by atoms with Crippen LogP contribution in [0.15, 0.2) is 62.4 Å². The van der Waals surface area contributed by atoms with E-state index in [4.69, 9.17) is 5.73 Å². The van der Waals surface area contributed by atoms with Gasteiger partial charge in [-0.3, -0.25) is 0 Å². The molecule has 0 bridgehead atoms. The molecule has 0 saturated heterocycles. The molecule has 0 aliphatic heterocycles. The van der Waals surface area contributed by atoms with E-state index in [-0.39, 0.29) is 6.04 Å². The van der Waals surface area contributed by atoms with Crippen LogP contribution in [0, 0.1) is 6.92 Å². The molecular formula is C24H37N3. The van der Waals surface area contributed by atoms with Gasteiger partial charge >= 0.3 is 0 Å². The van der Waals surface area contributed by atoms with Gasteiger partial charge in [0.25, 0.3) is 0 Å². The molecule has 3 N–H and O–H groups in total. The molecule has 27 heavy (non-hydrogen) atoms. The lowest BCUT2D eigenvalue weighted by Gasteiger charge is -2.32. The minimum absolute atomic E-state index is 0.0586. The molecule has 0 aromatic heterocycles. The first kappa shape index (κ1) is 22.6. The summed E-state index contributed by atoms with van der Waals surface area (Å²) in [6, 6.07) is 6.51. The van der Waals surface area contributed by atoms with Crippen LogP contribution in [0.25, 0.3) is 5.70 Å². The second kappa shape index (κ2) is 12.1. The highest BCUT2D eigenvalue weighted by Crippen LogP contribution is 2.26. The van der Waals surface area contributed by atoms with Crippen LogP contribution in [0.5, 0.6) is 0 Å². The number of aryl methyl sites for hydroxylation is 1. The van der Waals surface area contributed by atoms with Crippen molar-refractivity contribution in [2.24, 2.45) is 5.73 Å². The topological polar surface area (TPSA) is 41.3 Å². The number of hydrogen-bond acceptors (Lipinski definition) is 3. The smallest absolute Gasteiger partial charge is 0.0680 e. The molecule has 3 heteroatoms. The first-order valence-electron chi connectivity index (χ1n) is 9.85. The van der Waals surface area contributed by atoms with Crippen LogP contribution in [0.2, 0.25) is 0 Å². The summed E-state index contributed by atoms with van der Waals surface area (Å²) < 4.78 is 0. The van der Waals surface area contributed by atoms with Gasteiger partial charge in [-0.15, -0.1) is 13.2 Å². The van der Waals surface area contributed by atoms with Crippen LogP contribution >= 0.6 is 0 Å². The van der Waals surface area contributed by atoms with Crippen molar-refractivity contribution in [3.63, 3.8) is 0 Å². The highest BCUT2D eigenvalue weighted by Gasteiger charge is 2.19. The number of likely N-dealkylation sites (N-methyl/N-ethyl adjacent to an activating group) is 1. The van der Waals surface area contributed by atoms with E-state index in [1.54, 1.807) is 0 Å². The fourth-order valence-electron chi connectivity index (χ4n) is 3.20. The average Bonchev–Trinajstić information content (AvgIpc) is 2.64. The predicted molar refractivity (Wildman–Crippen MR) is 122 cm³/mol. The number of benzene rings is 1. The number of nitrogens with two attached hydrogens (primary N) is 1. The van der Waals surface area contributed by atoms with Gasteiger partial charge in [0, 0.05) is 36.2 Å². The highest BCUT2D eigenvalue weighted by atomic mass is 15.1. The van der Waals surface area contributed by atoms with E-state index in [9.17, 15) is 0 Å². The van der Waals surface area contributed by atoms with Gasteiger partial charge in [-0.2, -0.15) is 0 Å². The Labute approximate surface area is 166 Å². The molecule has 1 rings (SSSR count). The molecule has 3 nitrogen and oxygen atoms in total. The fourth-order valence-corrected chi connectivity index (χ4v) is 3.20. The Bertz CT molecular complexity index is 645. The lowest BCUT2D eigenvalue weighted by Crippen LogP contribution is -2.34. The SMILES string of the molecule is C=CCCCCCNc1ccc(C(=C)N(C)C(CCC=C)C(=C)N)c(C)c1. The molecule has 0 radical (unpaired) electrons. The van der Waals surface area contributed by atoms with E-state index >= 15 is 0 Å². The number of allylic oxidation sites excluding steroid dienone is 2. The Morgan fingerprint density at radius 2 is 1.85 bits per heavy atom. The number of hydrogen-bond donors (Lipinski definition) is 2. The molecule has 148 valence electrons. The van der Waals surface area contributed by atoms with Gasteiger partial charge < -0.3 is 16.0 Å². The molecule has 1 unspecified atom stereocenters. The molecule has 1 aromatic rings. The third-order valence-electron chi connectivity index (χ3n) is 4.92. The van der Waals surface area contributed by atoms with E-state index in [1.165, 1.54) is 24.8 Å². The second-order valence-corrected chi connectivity index (χ2v) is 7.11. The minimum Gasteiger partial charge on any atom is -0.401 e. The monoisotopic (exact) mass is 367 g/mol. The van der Waals surface area contributed by atoms with E-state index in [0.717, 1.165) is 42.8 Å². The van der Waals surface area contributed by atoms with Gasteiger partial charge in [0.1, 0.15) is 0 Å². The van der Waals surface area contributed by atoms with Crippen molar-refractivity contribution < 1.29 is 0 Å². The van der Waals surface area contributed by atoms with Crippen molar-refractivity contribution in [3.8, 4) is 0 Å². The van der Waals surface area contributed by atoms with Gasteiger partial charge in [-0.05, 0) is 56.7 Å². The Hall–Kier alpha value is -2.42. The van der Waals surface area contributed by atoms with Gasteiger partial charge in [-0.1, -0.05) is 37.8 Å². The van der Waals surface area contributed by atoms with Crippen molar-refractivity contribution in [1.29, 1.82) is 0 Å².